The van der Waals surface area contributed by atoms with Crippen LogP contribution in [0.25, 0.3) is 101 Å². The molecule has 10 aromatic rings. The van der Waals surface area contributed by atoms with Crippen molar-refractivity contribution in [3.63, 3.8) is 0 Å². The van der Waals surface area contributed by atoms with Gasteiger partial charge in [0.1, 0.15) is 11.2 Å². The number of rotatable bonds is 7. The Morgan fingerprint density at radius 1 is 0.351 bits per heavy atom. The van der Waals surface area contributed by atoms with Crippen molar-refractivity contribution in [2.24, 2.45) is 0 Å². The second-order valence-corrected chi connectivity index (χ2v) is 13.9. The molecule has 57 heavy (non-hydrogen) atoms. The Kier molecular flexibility index (Phi) is 8.48. The minimum absolute atomic E-state index is 0.543. The van der Waals surface area contributed by atoms with Crippen molar-refractivity contribution in [3.8, 4) is 84.7 Å². The first-order valence-electron chi connectivity index (χ1n) is 18.8. The molecule has 2 heterocycles. The molecule has 8 aromatic carbocycles. The molecule has 0 aliphatic carbocycles. The molecule has 5 nitrogen and oxygen atoms in total. The Balaban J connectivity index is 1.16. The zero-order chi connectivity index (χ0) is 38.1. The average molecular weight is 729 g/mol. The molecule has 2 aromatic heterocycles. The summed E-state index contributed by atoms with van der Waals surface area (Å²) in [7, 11) is 0. The van der Waals surface area contributed by atoms with Crippen LogP contribution in [-0.2, 0) is 0 Å². The maximum Gasteiger partial charge on any atom is 0.164 e. The fraction of sp³-hybridized carbons (Fsp3) is 0. The highest BCUT2D eigenvalue weighted by Crippen LogP contribution is 2.43. The molecule has 0 N–H and O–H groups in total. The van der Waals surface area contributed by atoms with Crippen LogP contribution in [0.3, 0.4) is 0 Å². The third-order valence-corrected chi connectivity index (χ3v) is 10.4. The van der Waals surface area contributed by atoms with Gasteiger partial charge in [0, 0.05) is 27.5 Å². The van der Waals surface area contributed by atoms with Crippen molar-refractivity contribution in [2.45, 2.75) is 0 Å². The van der Waals surface area contributed by atoms with Crippen LogP contribution in [0.2, 0.25) is 0 Å². The van der Waals surface area contributed by atoms with Crippen LogP contribution in [0, 0.1) is 11.3 Å². The van der Waals surface area contributed by atoms with Gasteiger partial charge in [-0.2, -0.15) is 5.26 Å². The Bertz CT molecular complexity index is 3110. The van der Waals surface area contributed by atoms with Gasteiger partial charge >= 0.3 is 0 Å². The topological polar surface area (TPSA) is 75.6 Å². The van der Waals surface area contributed by atoms with Crippen LogP contribution in [-0.4, -0.2) is 15.0 Å². The number of furan rings is 1. The summed E-state index contributed by atoms with van der Waals surface area (Å²) >= 11 is 0. The quantitative estimate of drug-likeness (QED) is 0.163. The molecule has 0 aliphatic rings. The molecule has 0 bridgehead atoms. The summed E-state index contributed by atoms with van der Waals surface area (Å²) < 4.78 is 6.69. The number of aromatic nitrogens is 3. The lowest BCUT2D eigenvalue weighted by Gasteiger charge is -2.13. The van der Waals surface area contributed by atoms with Crippen molar-refractivity contribution in [1.82, 2.24) is 15.0 Å². The lowest BCUT2D eigenvalue weighted by atomic mass is 9.93. The molecule has 0 amide bonds. The monoisotopic (exact) mass is 728 g/mol. The van der Waals surface area contributed by atoms with E-state index in [1.54, 1.807) is 0 Å². The normalized spacial score (nSPS) is 11.1. The molecule has 0 fully saturated rings. The van der Waals surface area contributed by atoms with Gasteiger partial charge in [0.2, 0.25) is 0 Å². The Morgan fingerprint density at radius 3 is 1.58 bits per heavy atom. The van der Waals surface area contributed by atoms with E-state index in [1.165, 1.54) is 5.56 Å². The van der Waals surface area contributed by atoms with E-state index in [0.717, 1.165) is 77.6 Å². The molecule has 266 valence electrons. The maximum atomic E-state index is 9.46. The number of hydrogen-bond donors (Lipinski definition) is 0. The molecule has 0 radical (unpaired) electrons. The Hall–Kier alpha value is -7.94. The second-order valence-electron chi connectivity index (χ2n) is 13.9. The van der Waals surface area contributed by atoms with Crippen molar-refractivity contribution >= 4 is 21.9 Å². The first-order valence-corrected chi connectivity index (χ1v) is 18.8. The lowest BCUT2D eigenvalue weighted by Crippen LogP contribution is -2.01. The van der Waals surface area contributed by atoms with E-state index in [4.69, 9.17) is 19.4 Å². The third-order valence-electron chi connectivity index (χ3n) is 10.4. The molecular formula is C52H32N4O. The van der Waals surface area contributed by atoms with Crippen molar-refractivity contribution in [3.05, 3.63) is 200 Å². The summed E-state index contributed by atoms with van der Waals surface area (Å²) in [6.45, 7) is 0. The summed E-state index contributed by atoms with van der Waals surface area (Å²) in [6.07, 6.45) is 0. The molecule has 0 unspecified atom stereocenters. The van der Waals surface area contributed by atoms with Gasteiger partial charge in [0.05, 0.1) is 11.6 Å². The molecule has 0 saturated carbocycles. The number of hydrogen-bond acceptors (Lipinski definition) is 5. The highest BCUT2D eigenvalue weighted by atomic mass is 16.3. The molecule has 10 rings (SSSR count). The lowest BCUT2D eigenvalue weighted by molar-refractivity contribution is 0.669. The third kappa shape index (κ3) is 6.42. The van der Waals surface area contributed by atoms with Gasteiger partial charge in [-0.25, -0.2) is 15.0 Å². The van der Waals surface area contributed by atoms with Crippen LogP contribution >= 0.6 is 0 Å². The molecule has 0 aliphatic heterocycles. The van der Waals surface area contributed by atoms with Gasteiger partial charge in [-0.05, 0) is 80.9 Å². The van der Waals surface area contributed by atoms with E-state index in [2.05, 4.69) is 103 Å². The van der Waals surface area contributed by atoms with Gasteiger partial charge < -0.3 is 4.42 Å². The van der Waals surface area contributed by atoms with Gasteiger partial charge in [-0.3, -0.25) is 0 Å². The zero-order valence-electron chi connectivity index (χ0n) is 30.7. The van der Waals surface area contributed by atoms with E-state index in [0.29, 0.717) is 23.0 Å². The van der Waals surface area contributed by atoms with E-state index in [-0.39, 0.29) is 0 Å². The van der Waals surface area contributed by atoms with E-state index in [1.807, 2.05) is 97.1 Å². The van der Waals surface area contributed by atoms with Gasteiger partial charge in [0.15, 0.2) is 17.5 Å². The smallest absolute Gasteiger partial charge is 0.164 e. The fourth-order valence-corrected chi connectivity index (χ4v) is 7.57. The minimum atomic E-state index is 0.543. The summed E-state index contributed by atoms with van der Waals surface area (Å²) in [5, 5.41) is 11.5. The first-order chi connectivity index (χ1) is 28.2. The van der Waals surface area contributed by atoms with Crippen LogP contribution in [0.15, 0.2) is 199 Å². The number of nitriles is 1. The molecule has 5 heteroatoms. The van der Waals surface area contributed by atoms with Gasteiger partial charge in [-0.15, -0.1) is 0 Å². The van der Waals surface area contributed by atoms with E-state index in [9.17, 15) is 5.26 Å². The van der Waals surface area contributed by atoms with E-state index >= 15 is 0 Å². The van der Waals surface area contributed by atoms with Crippen LogP contribution in [0.5, 0.6) is 0 Å². The SMILES string of the molecule is N#Cc1cccc(-c2ccc(-c3nc(-c4ccccc4)nc(-c4cc5oc6cccc(-c7cccc(-c8ccccc8)c7)c6c5cc4-c4ccccc4)n3)cc2)c1. The van der Waals surface area contributed by atoms with Gasteiger partial charge in [0.25, 0.3) is 0 Å². The predicted molar refractivity (Wildman–Crippen MR) is 230 cm³/mol. The fourth-order valence-electron chi connectivity index (χ4n) is 7.57. The zero-order valence-corrected chi connectivity index (χ0v) is 30.7. The van der Waals surface area contributed by atoms with E-state index < -0.39 is 0 Å². The number of fused-ring (bicyclic) bond motifs is 3. The Labute approximate surface area is 329 Å². The second kappa shape index (κ2) is 14.4. The summed E-state index contributed by atoms with van der Waals surface area (Å²) in [4.78, 5) is 15.3. The van der Waals surface area contributed by atoms with Crippen LogP contribution < -0.4 is 0 Å². The maximum absolute atomic E-state index is 9.46. The van der Waals surface area contributed by atoms with Crippen LogP contribution in [0.4, 0.5) is 0 Å². The first kappa shape index (κ1) is 33.6. The molecule has 0 spiro atoms. The predicted octanol–water partition coefficient (Wildman–Crippen LogP) is 13.3. The summed E-state index contributed by atoms with van der Waals surface area (Å²) in [6, 6.07) is 68.1. The summed E-state index contributed by atoms with van der Waals surface area (Å²) in [5.74, 6) is 1.67. The highest BCUT2D eigenvalue weighted by molar-refractivity contribution is 6.14. The number of benzene rings is 8. The number of nitrogens with zero attached hydrogens (tertiary/aromatic N) is 4. The van der Waals surface area contributed by atoms with Crippen molar-refractivity contribution < 1.29 is 4.42 Å². The average Bonchev–Trinajstić information content (AvgIpc) is 3.67. The molecule has 0 atom stereocenters. The minimum Gasteiger partial charge on any atom is -0.456 e. The standard InChI is InChI=1S/C52H32N4O/c53-33-34-13-10-20-40(29-34)36-25-27-39(28-26-36)51-54-50(38-18-8-3-9-19-38)55-52(56-51)45-32-48-46(31-44(45)37-16-6-2-7-17-37)49-43(23-12-24-47(49)57-48)42-22-11-21-41(30-42)35-14-4-1-5-15-35/h1-32H. The highest BCUT2D eigenvalue weighted by Gasteiger charge is 2.21. The molecule has 0 saturated heterocycles. The van der Waals surface area contributed by atoms with Crippen molar-refractivity contribution in [1.29, 1.82) is 5.26 Å². The van der Waals surface area contributed by atoms with Crippen LogP contribution in [0.1, 0.15) is 5.56 Å². The molecular weight excluding hydrogens is 697 g/mol. The summed E-state index contributed by atoms with van der Waals surface area (Å²) in [5.41, 5.74) is 13.3. The Morgan fingerprint density at radius 2 is 0.877 bits per heavy atom. The van der Waals surface area contributed by atoms with Gasteiger partial charge in [-0.1, -0.05) is 158 Å². The van der Waals surface area contributed by atoms with Crippen molar-refractivity contribution in [2.75, 3.05) is 0 Å². The largest absolute Gasteiger partial charge is 0.456 e.